The van der Waals surface area contributed by atoms with Crippen molar-refractivity contribution in [2.24, 2.45) is 10.8 Å². The summed E-state index contributed by atoms with van der Waals surface area (Å²) in [7, 11) is 0. The summed E-state index contributed by atoms with van der Waals surface area (Å²) < 4.78 is 0. The molecule has 1 saturated heterocycles. The summed E-state index contributed by atoms with van der Waals surface area (Å²) in [6.07, 6.45) is 4.43. The van der Waals surface area contributed by atoms with Gasteiger partial charge in [-0.1, -0.05) is 27.7 Å². The molecule has 3 N–H and O–H groups in total. The molecule has 1 aliphatic heterocycles. The smallest absolute Gasteiger partial charge is 0.0717 e. The molecule has 106 valence electrons. The second-order valence-corrected chi connectivity index (χ2v) is 7.94. The minimum absolute atomic E-state index is 0.181. The molecule has 18 heavy (non-hydrogen) atoms. The first-order chi connectivity index (χ1) is 8.27. The van der Waals surface area contributed by atoms with Crippen LogP contribution in [0.15, 0.2) is 0 Å². The number of aliphatic hydroxyl groups excluding tert-OH is 1. The first-order valence-corrected chi connectivity index (χ1v) is 7.42. The highest BCUT2D eigenvalue weighted by molar-refractivity contribution is 4.95. The zero-order chi connectivity index (χ0) is 13.4. The lowest BCUT2D eigenvalue weighted by molar-refractivity contribution is 0.0496. The van der Waals surface area contributed by atoms with Crippen molar-refractivity contribution in [3.05, 3.63) is 0 Å². The first-order valence-electron chi connectivity index (χ1n) is 7.42. The Balaban J connectivity index is 1.95. The third-order valence-corrected chi connectivity index (χ3v) is 4.45. The number of nitrogens with one attached hydrogen (secondary N) is 2. The van der Waals surface area contributed by atoms with Gasteiger partial charge in [-0.3, -0.25) is 0 Å². The lowest BCUT2D eigenvalue weighted by atomic mass is 9.63. The molecule has 2 aliphatic rings. The van der Waals surface area contributed by atoms with Crippen LogP contribution in [0, 0.1) is 10.8 Å². The highest BCUT2D eigenvalue weighted by Crippen LogP contribution is 2.45. The van der Waals surface area contributed by atoms with Crippen molar-refractivity contribution >= 4 is 0 Å². The summed E-state index contributed by atoms with van der Waals surface area (Å²) in [5.74, 6) is 0. The maximum Gasteiger partial charge on any atom is 0.0717 e. The van der Waals surface area contributed by atoms with Crippen molar-refractivity contribution in [2.75, 3.05) is 13.1 Å². The van der Waals surface area contributed by atoms with E-state index in [1.807, 2.05) is 0 Å². The highest BCUT2D eigenvalue weighted by atomic mass is 16.3. The number of hydrogen-bond donors (Lipinski definition) is 3. The Morgan fingerprint density at radius 3 is 2.28 bits per heavy atom. The zero-order valence-electron chi connectivity index (χ0n) is 12.4. The van der Waals surface area contributed by atoms with Crippen molar-refractivity contribution in [1.29, 1.82) is 0 Å². The molecule has 3 heteroatoms. The van der Waals surface area contributed by atoms with E-state index in [-0.39, 0.29) is 12.1 Å². The molecular weight excluding hydrogens is 224 g/mol. The Morgan fingerprint density at radius 1 is 1.11 bits per heavy atom. The largest absolute Gasteiger partial charge is 0.391 e. The van der Waals surface area contributed by atoms with Crippen molar-refractivity contribution < 1.29 is 5.11 Å². The Labute approximate surface area is 112 Å². The first kappa shape index (κ1) is 14.3. The van der Waals surface area contributed by atoms with Gasteiger partial charge in [0.1, 0.15) is 0 Å². The fraction of sp³-hybridized carbons (Fsp3) is 1.00. The maximum absolute atomic E-state index is 10.1. The van der Waals surface area contributed by atoms with E-state index < -0.39 is 0 Å². The van der Waals surface area contributed by atoms with Crippen LogP contribution in [-0.4, -0.2) is 36.4 Å². The van der Waals surface area contributed by atoms with Crippen molar-refractivity contribution in [1.82, 2.24) is 10.6 Å². The van der Waals surface area contributed by atoms with Crippen LogP contribution in [0.25, 0.3) is 0 Å². The summed E-state index contributed by atoms with van der Waals surface area (Å²) in [5.41, 5.74) is 0.818. The summed E-state index contributed by atoms with van der Waals surface area (Å²) in [6, 6.07) is 0.775. The second-order valence-electron chi connectivity index (χ2n) is 7.94. The van der Waals surface area contributed by atoms with Crippen LogP contribution in [0.3, 0.4) is 0 Å². The predicted molar refractivity (Wildman–Crippen MR) is 75.6 cm³/mol. The summed E-state index contributed by atoms with van der Waals surface area (Å²) >= 11 is 0. The molecule has 0 aromatic carbocycles. The Morgan fingerprint density at radius 2 is 1.72 bits per heavy atom. The molecule has 2 atom stereocenters. The van der Waals surface area contributed by atoms with Gasteiger partial charge in [0.2, 0.25) is 0 Å². The normalized spacial score (nSPS) is 36.5. The Bertz CT molecular complexity index is 272. The van der Waals surface area contributed by atoms with E-state index in [2.05, 4.69) is 38.3 Å². The van der Waals surface area contributed by atoms with Crippen LogP contribution < -0.4 is 10.6 Å². The molecule has 2 rings (SSSR count). The lowest BCUT2D eigenvalue weighted by Crippen LogP contribution is -2.57. The molecule has 1 heterocycles. The molecule has 0 aromatic rings. The van der Waals surface area contributed by atoms with Crippen LogP contribution in [0.2, 0.25) is 0 Å². The second kappa shape index (κ2) is 5.10. The third-order valence-electron chi connectivity index (χ3n) is 4.45. The number of rotatable bonds is 2. The molecule has 0 spiro atoms. The molecular formula is C15H30N2O. The van der Waals surface area contributed by atoms with E-state index in [0.717, 1.165) is 19.5 Å². The monoisotopic (exact) mass is 254 g/mol. The van der Waals surface area contributed by atoms with Gasteiger partial charge in [0.25, 0.3) is 0 Å². The predicted octanol–water partition coefficient (Wildman–Crippen LogP) is 1.90. The molecule has 0 aromatic heterocycles. The van der Waals surface area contributed by atoms with E-state index in [1.165, 1.54) is 19.3 Å². The average molecular weight is 254 g/mol. The van der Waals surface area contributed by atoms with Gasteiger partial charge < -0.3 is 15.7 Å². The van der Waals surface area contributed by atoms with E-state index in [1.54, 1.807) is 0 Å². The standard InChI is InChI=1S/C15H30N2O/c1-14(2)7-11(8-15(3,4)10-14)17-12-9-16-6-5-13(12)18/h11-13,16-18H,5-10H2,1-4H3/t12-,13+/m0/s1. The van der Waals surface area contributed by atoms with Crippen molar-refractivity contribution in [2.45, 2.75) is 71.6 Å². The quantitative estimate of drug-likeness (QED) is 0.705. The van der Waals surface area contributed by atoms with E-state index in [9.17, 15) is 5.11 Å². The Kier molecular flexibility index (Phi) is 4.05. The molecule has 0 radical (unpaired) electrons. The van der Waals surface area contributed by atoms with Crippen LogP contribution in [-0.2, 0) is 0 Å². The maximum atomic E-state index is 10.1. The SMILES string of the molecule is CC1(C)CC(N[C@H]2CNCC[C@H]2O)CC(C)(C)C1. The fourth-order valence-corrected chi connectivity index (χ4v) is 4.28. The van der Waals surface area contributed by atoms with Gasteiger partial charge in [-0.05, 0) is 43.1 Å². The van der Waals surface area contributed by atoms with Gasteiger partial charge in [0.05, 0.1) is 6.10 Å². The van der Waals surface area contributed by atoms with E-state index in [0.29, 0.717) is 16.9 Å². The van der Waals surface area contributed by atoms with Crippen LogP contribution in [0.4, 0.5) is 0 Å². The third kappa shape index (κ3) is 3.69. The number of hydrogen-bond acceptors (Lipinski definition) is 3. The van der Waals surface area contributed by atoms with E-state index in [4.69, 9.17) is 0 Å². The van der Waals surface area contributed by atoms with Gasteiger partial charge in [-0.25, -0.2) is 0 Å². The van der Waals surface area contributed by atoms with Gasteiger partial charge in [0.15, 0.2) is 0 Å². The van der Waals surface area contributed by atoms with Crippen LogP contribution in [0.1, 0.15) is 53.4 Å². The summed E-state index contributed by atoms with van der Waals surface area (Å²) in [4.78, 5) is 0. The van der Waals surface area contributed by atoms with Crippen molar-refractivity contribution in [3.8, 4) is 0 Å². The molecule has 1 saturated carbocycles. The Hall–Kier alpha value is -0.120. The fourth-order valence-electron chi connectivity index (χ4n) is 4.28. The molecule has 0 amide bonds. The zero-order valence-corrected chi connectivity index (χ0v) is 12.4. The average Bonchev–Trinajstić information content (AvgIpc) is 2.16. The minimum Gasteiger partial charge on any atom is -0.391 e. The molecule has 0 unspecified atom stereocenters. The number of piperidine rings is 1. The molecule has 1 aliphatic carbocycles. The molecule has 2 fully saturated rings. The number of aliphatic hydroxyl groups is 1. The lowest BCUT2D eigenvalue weighted by Gasteiger charge is -2.47. The van der Waals surface area contributed by atoms with Crippen LogP contribution >= 0.6 is 0 Å². The highest BCUT2D eigenvalue weighted by Gasteiger charge is 2.39. The molecule has 3 nitrogen and oxygen atoms in total. The van der Waals surface area contributed by atoms with Crippen LogP contribution in [0.5, 0.6) is 0 Å². The topological polar surface area (TPSA) is 44.3 Å². The minimum atomic E-state index is -0.181. The van der Waals surface area contributed by atoms with Crippen molar-refractivity contribution in [3.63, 3.8) is 0 Å². The van der Waals surface area contributed by atoms with E-state index >= 15 is 0 Å². The summed E-state index contributed by atoms with van der Waals surface area (Å²) in [5, 5.41) is 17.1. The van der Waals surface area contributed by atoms with Gasteiger partial charge in [-0.2, -0.15) is 0 Å². The van der Waals surface area contributed by atoms with Gasteiger partial charge in [0, 0.05) is 18.6 Å². The van der Waals surface area contributed by atoms with Gasteiger partial charge in [-0.15, -0.1) is 0 Å². The molecule has 0 bridgehead atoms. The summed E-state index contributed by atoms with van der Waals surface area (Å²) in [6.45, 7) is 11.3. The van der Waals surface area contributed by atoms with Gasteiger partial charge >= 0.3 is 0 Å².